The van der Waals surface area contributed by atoms with Gasteiger partial charge in [-0.05, 0) is 31.0 Å². The standard InChI is InChI=1S/C15H15NO3/c1-10-7-8-13(16-9-10)19-15(17)12-6-4-5-11(2)14(12)18-3/h4-9H,1-3H3. The Balaban J connectivity index is 2.25. The Morgan fingerprint density at radius 2 is 1.95 bits per heavy atom. The van der Waals surface area contributed by atoms with E-state index in [1.165, 1.54) is 7.11 Å². The van der Waals surface area contributed by atoms with Gasteiger partial charge in [0.2, 0.25) is 5.88 Å². The molecule has 0 saturated carbocycles. The van der Waals surface area contributed by atoms with Crippen LogP contribution in [0.3, 0.4) is 0 Å². The summed E-state index contributed by atoms with van der Waals surface area (Å²) in [4.78, 5) is 16.1. The van der Waals surface area contributed by atoms with Crippen molar-refractivity contribution in [2.24, 2.45) is 0 Å². The van der Waals surface area contributed by atoms with Crippen molar-refractivity contribution < 1.29 is 14.3 Å². The molecule has 0 amide bonds. The first-order valence-corrected chi connectivity index (χ1v) is 5.90. The first kappa shape index (κ1) is 13.1. The van der Waals surface area contributed by atoms with Crippen molar-refractivity contribution >= 4 is 5.97 Å². The summed E-state index contributed by atoms with van der Waals surface area (Å²) in [7, 11) is 1.53. The summed E-state index contributed by atoms with van der Waals surface area (Å²) in [5, 5.41) is 0. The van der Waals surface area contributed by atoms with E-state index in [0.29, 0.717) is 11.3 Å². The second kappa shape index (κ2) is 5.52. The molecule has 0 spiro atoms. The van der Waals surface area contributed by atoms with Crippen LogP contribution in [0.2, 0.25) is 0 Å². The van der Waals surface area contributed by atoms with Gasteiger partial charge in [0.05, 0.1) is 7.11 Å². The summed E-state index contributed by atoms with van der Waals surface area (Å²) in [6.07, 6.45) is 1.65. The van der Waals surface area contributed by atoms with Gasteiger partial charge in [-0.2, -0.15) is 0 Å². The maximum Gasteiger partial charge on any atom is 0.348 e. The minimum atomic E-state index is -0.475. The zero-order valence-corrected chi connectivity index (χ0v) is 11.1. The summed E-state index contributed by atoms with van der Waals surface area (Å²) >= 11 is 0. The molecule has 19 heavy (non-hydrogen) atoms. The van der Waals surface area contributed by atoms with Crippen molar-refractivity contribution in [1.82, 2.24) is 4.98 Å². The summed E-state index contributed by atoms with van der Waals surface area (Å²) in [6.45, 7) is 3.79. The lowest BCUT2D eigenvalue weighted by molar-refractivity contribution is 0.0724. The van der Waals surface area contributed by atoms with E-state index in [9.17, 15) is 4.79 Å². The predicted octanol–water partition coefficient (Wildman–Crippen LogP) is 2.93. The Hall–Kier alpha value is -2.36. The van der Waals surface area contributed by atoms with E-state index in [4.69, 9.17) is 9.47 Å². The Kier molecular flexibility index (Phi) is 3.80. The van der Waals surface area contributed by atoms with Crippen LogP contribution >= 0.6 is 0 Å². The lowest BCUT2D eigenvalue weighted by atomic mass is 10.1. The first-order chi connectivity index (χ1) is 9.11. The van der Waals surface area contributed by atoms with Gasteiger partial charge in [0.15, 0.2) is 0 Å². The smallest absolute Gasteiger partial charge is 0.348 e. The molecule has 0 fully saturated rings. The van der Waals surface area contributed by atoms with Gasteiger partial charge in [0, 0.05) is 12.3 Å². The largest absolute Gasteiger partial charge is 0.496 e. The van der Waals surface area contributed by atoms with Crippen LogP contribution < -0.4 is 9.47 Å². The summed E-state index contributed by atoms with van der Waals surface area (Å²) in [5.41, 5.74) is 2.28. The fourth-order valence-corrected chi connectivity index (χ4v) is 1.75. The number of para-hydroxylation sites is 1. The minimum Gasteiger partial charge on any atom is -0.496 e. The molecule has 98 valence electrons. The highest BCUT2D eigenvalue weighted by molar-refractivity contribution is 5.94. The zero-order chi connectivity index (χ0) is 13.8. The number of ether oxygens (including phenoxy) is 2. The van der Waals surface area contributed by atoms with E-state index in [-0.39, 0.29) is 5.88 Å². The maximum absolute atomic E-state index is 12.1. The van der Waals surface area contributed by atoms with Gasteiger partial charge in [-0.3, -0.25) is 0 Å². The number of esters is 1. The number of methoxy groups -OCH3 is 1. The zero-order valence-electron chi connectivity index (χ0n) is 11.1. The number of hydrogen-bond donors (Lipinski definition) is 0. The van der Waals surface area contributed by atoms with Crippen molar-refractivity contribution in [3.8, 4) is 11.6 Å². The fourth-order valence-electron chi connectivity index (χ4n) is 1.75. The minimum absolute atomic E-state index is 0.277. The van der Waals surface area contributed by atoms with Gasteiger partial charge in [0.25, 0.3) is 0 Å². The summed E-state index contributed by atoms with van der Waals surface area (Å²) < 4.78 is 10.5. The van der Waals surface area contributed by atoms with Gasteiger partial charge in [-0.1, -0.05) is 18.2 Å². The molecule has 0 bridgehead atoms. The fraction of sp³-hybridized carbons (Fsp3) is 0.200. The third-order valence-corrected chi connectivity index (χ3v) is 2.72. The van der Waals surface area contributed by atoms with E-state index in [1.807, 2.05) is 26.0 Å². The van der Waals surface area contributed by atoms with Gasteiger partial charge in [-0.15, -0.1) is 0 Å². The van der Waals surface area contributed by atoms with E-state index in [2.05, 4.69) is 4.98 Å². The van der Waals surface area contributed by atoms with Crippen LogP contribution in [0.4, 0.5) is 0 Å². The van der Waals surface area contributed by atoms with Gasteiger partial charge in [0.1, 0.15) is 11.3 Å². The molecular formula is C15H15NO3. The number of aromatic nitrogens is 1. The van der Waals surface area contributed by atoms with Crippen molar-refractivity contribution in [3.63, 3.8) is 0 Å². The number of aryl methyl sites for hydroxylation is 2. The number of pyridine rings is 1. The molecular weight excluding hydrogens is 242 g/mol. The average molecular weight is 257 g/mol. The third kappa shape index (κ3) is 2.91. The van der Waals surface area contributed by atoms with E-state index in [1.54, 1.807) is 24.4 Å². The maximum atomic E-state index is 12.1. The van der Waals surface area contributed by atoms with Crippen molar-refractivity contribution in [2.75, 3.05) is 7.11 Å². The average Bonchev–Trinajstić information content (AvgIpc) is 2.41. The van der Waals surface area contributed by atoms with Crippen molar-refractivity contribution in [3.05, 3.63) is 53.2 Å². The van der Waals surface area contributed by atoms with Crippen LogP contribution in [0.1, 0.15) is 21.5 Å². The molecule has 0 aliphatic carbocycles. The molecule has 0 radical (unpaired) electrons. The Morgan fingerprint density at radius 3 is 2.58 bits per heavy atom. The summed E-state index contributed by atoms with van der Waals surface area (Å²) in [5.74, 6) is 0.329. The molecule has 4 heteroatoms. The predicted molar refractivity (Wildman–Crippen MR) is 71.7 cm³/mol. The molecule has 0 atom stereocenters. The van der Waals surface area contributed by atoms with Gasteiger partial charge in [-0.25, -0.2) is 9.78 Å². The van der Waals surface area contributed by atoms with E-state index in [0.717, 1.165) is 11.1 Å². The first-order valence-electron chi connectivity index (χ1n) is 5.90. The van der Waals surface area contributed by atoms with Crippen LogP contribution in [0, 0.1) is 13.8 Å². The lowest BCUT2D eigenvalue weighted by Gasteiger charge is -2.10. The molecule has 1 aromatic heterocycles. The number of carbonyl (C=O) groups excluding carboxylic acids is 1. The molecule has 0 aliphatic rings. The lowest BCUT2D eigenvalue weighted by Crippen LogP contribution is -2.11. The third-order valence-electron chi connectivity index (χ3n) is 2.72. The molecule has 0 N–H and O–H groups in total. The molecule has 0 aliphatic heterocycles. The number of rotatable bonds is 3. The Morgan fingerprint density at radius 1 is 1.16 bits per heavy atom. The molecule has 1 heterocycles. The van der Waals surface area contributed by atoms with Crippen molar-refractivity contribution in [2.45, 2.75) is 13.8 Å². The van der Waals surface area contributed by atoms with Crippen molar-refractivity contribution in [1.29, 1.82) is 0 Å². The number of carbonyl (C=O) groups is 1. The highest BCUT2D eigenvalue weighted by Gasteiger charge is 2.16. The van der Waals surface area contributed by atoms with Crippen LogP contribution in [-0.2, 0) is 0 Å². The second-order valence-electron chi connectivity index (χ2n) is 4.22. The van der Waals surface area contributed by atoms with Gasteiger partial charge >= 0.3 is 5.97 Å². The SMILES string of the molecule is COc1c(C)cccc1C(=O)Oc1ccc(C)cn1. The highest BCUT2D eigenvalue weighted by Crippen LogP contribution is 2.24. The van der Waals surface area contributed by atoms with Crippen LogP contribution in [-0.4, -0.2) is 18.1 Å². The Labute approximate surface area is 112 Å². The molecule has 2 rings (SSSR count). The summed E-state index contributed by atoms with van der Waals surface area (Å²) in [6, 6.07) is 8.83. The molecule has 2 aromatic rings. The second-order valence-corrected chi connectivity index (χ2v) is 4.22. The van der Waals surface area contributed by atoms with E-state index < -0.39 is 5.97 Å². The molecule has 0 saturated heterocycles. The molecule has 4 nitrogen and oxygen atoms in total. The Bertz CT molecular complexity index is 591. The normalized spacial score (nSPS) is 10.1. The van der Waals surface area contributed by atoms with Crippen LogP contribution in [0.5, 0.6) is 11.6 Å². The number of hydrogen-bond acceptors (Lipinski definition) is 4. The molecule has 0 unspecified atom stereocenters. The molecule has 1 aromatic carbocycles. The van der Waals surface area contributed by atoms with Gasteiger partial charge < -0.3 is 9.47 Å². The topological polar surface area (TPSA) is 48.4 Å². The van der Waals surface area contributed by atoms with Crippen LogP contribution in [0.15, 0.2) is 36.5 Å². The highest BCUT2D eigenvalue weighted by atomic mass is 16.5. The quantitative estimate of drug-likeness (QED) is 0.793. The number of nitrogens with zero attached hydrogens (tertiary/aromatic N) is 1. The monoisotopic (exact) mass is 257 g/mol. The van der Waals surface area contributed by atoms with Crippen LogP contribution in [0.25, 0.3) is 0 Å². The van der Waals surface area contributed by atoms with E-state index >= 15 is 0 Å². The number of benzene rings is 1.